The Morgan fingerprint density at radius 1 is 1.40 bits per heavy atom. The quantitative estimate of drug-likeness (QED) is 0.842. The average molecular weight is 313 g/mol. The fraction of sp³-hybridized carbons (Fsp3) is 0.583. The molecule has 2 heterocycles. The minimum absolute atomic E-state index is 0.144. The van der Waals surface area contributed by atoms with E-state index in [4.69, 9.17) is 4.52 Å². The highest BCUT2D eigenvalue weighted by Crippen LogP contribution is 2.31. The first-order valence-electron chi connectivity index (χ1n) is 6.45. The number of rotatable bonds is 5. The normalized spacial score (nSPS) is 15.9. The summed E-state index contributed by atoms with van der Waals surface area (Å²) in [5.74, 6) is 0.668. The van der Waals surface area contributed by atoms with Crippen LogP contribution in [0.5, 0.6) is 0 Å². The molecule has 1 fully saturated rings. The summed E-state index contributed by atoms with van der Waals surface area (Å²) < 4.78 is 28.7. The second-order valence-corrected chi connectivity index (χ2v) is 8.41. The van der Waals surface area contributed by atoms with Crippen LogP contribution in [0.3, 0.4) is 0 Å². The summed E-state index contributed by atoms with van der Waals surface area (Å²) in [5, 5.41) is 6.46. The van der Waals surface area contributed by atoms with Gasteiger partial charge >= 0.3 is 0 Å². The summed E-state index contributed by atoms with van der Waals surface area (Å²) in [7, 11) is -3.13. The van der Waals surface area contributed by atoms with Gasteiger partial charge in [0, 0.05) is 11.3 Å². The zero-order chi connectivity index (χ0) is 14.3. The van der Waals surface area contributed by atoms with Crippen LogP contribution >= 0.6 is 11.3 Å². The molecule has 0 atom stereocenters. The Morgan fingerprint density at radius 2 is 2.15 bits per heavy atom. The first-order valence-corrected chi connectivity index (χ1v) is 9.05. The third-order valence-corrected chi connectivity index (χ3v) is 6.35. The van der Waals surface area contributed by atoms with Crippen LogP contribution < -0.4 is 0 Å². The van der Waals surface area contributed by atoms with E-state index in [9.17, 15) is 8.42 Å². The van der Waals surface area contributed by atoms with Crippen molar-refractivity contribution < 1.29 is 12.9 Å². The van der Waals surface area contributed by atoms with Crippen molar-refractivity contribution >= 4 is 21.2 Å². The van der Waals surface area contributed by atoms with Crippen molar-refractivity contribution in [3.8, 4) is 11.5 Å². The van der Waals surface area contributed by atoms with Crippen molar-refractivity contribution in [1.29, 1.82) is 0 Å². The highest BCUT2D eigenvalue weighted by atomic mass is 32.2. The van der Waals surface area contributed by atoms with Crippen LogP contribution in [0.4, 0.5) is 0 Å². The minimum atomic E-state index is -3.13. The summed E-state index contributed by atoms with van der Waals surface area (Å²) in [4.78, 5) is 8.56. The van der Waals surface area contributed by atoms with Crippen LogP contribution in [0, 0.1) is 0 Å². The molecule has 0 N–H and O–H groups in total. The third-order valence-electron chi connectivity index (χ3n) is 3.07. The molecule has 0 radical (unpaired) electrons. The molecule has 1 saturated carbocycles. The van der Waals surface area contributed by atoms with E-state index >= 15 is 0 Å². The minimum Gasteiger partial charge on any atom is -0.338 e. The van der Waals surface area contributed by atoms with Crippen molar-refractivity contribution in [2.75, 3.05) is 0 Å². The highest BCUT2D eigenvalue weighted by molar-refractivity contribution is 7.91. The molecule has 20 heavy (non-hydrogen) atoms. The van der Waals surface area contributed by atoms with Gasteiger partial charge < -0.3 is 4.52 Å². The van der Waals surface area contributed by atoms with E-state index in [0.29, 0.717) is 17.4 Å². The lowest BCUT2D eigenvalue weighted by Gasteiger charge is -1.96. The molecule has 0 aromatic carbocycles. The van der Waals surface area contributed by atoms with Crippen LogP contribution in [0.25, 0.3) is 11.5 Å². The van der Waals surface area contributed by atoms with E-state index in [2.05, 4.69) is 29.0 Å². The van der Waals surface area contributed by atoms with Gasteiger partial charge in [0.05, 0.1) is 10.3 Å². The van der Waals surface area contributed by atoms with Gasteiger partial charge in [0.25, 0.3) is 0 Å². The Hall–Kier alpha value is -1.28. The Bertz CT molecular complexity index is 714. The maximum absolute atomic E-state index is 11.9. The number of aromatic nitrogens is 3. The number of thiazole rings is 1. The molecule has 0 unspecified atom stereocenters. The Labute approximate surface area is 121 Å². The van der Waals surface area contributed by atoms with Crippen molar-refractivity contribution in [1.82, 2.24) is 15.1 Å². The second kappa shape index (κ2) is 4.92. The van der Waals surface area contributed by atoms with Gasteiger partial charge in [0.2, 0.25) is 11.7 Å². The lowest BCUT2D eigenvalue weighted by Crippen LogP contribution is -2.09. The van der Waals surface area contributed by atoms with Crippen molar-refractivity contribution in [3.63, 3.8) is 0 Å². The molecule has 2 aromatic rings. The van der Waals surface area contributed by atoms with Crippen molar-refractivity contribution in [3.05, 3.63) is 16.3 Å². The monoisotopic (exact) mass is 313 g/mol. The van der Waals surface area contributed by atoms with E-state index in [1.807, 2.05) is 5.38 Å². The van der Waals surface area contributed by atoms with Gasteiger partial charge in [-0.25, -0.2) is 13.4 Å². The molecule has 0 saturated heterocycles. The molecule has 0 aliphatic heterocycles. The molecular formula is C12H15N3O3S2. The predicted molar refractivity (Wildman–Crippen MR) is 75.1 cm³/mol. The molecule has 0 bridgehead atoms. The zero-order valence-electron chi connectivity index (χ0n) is 11.2. The van der Waals surface area contributed by atoms with E-state index < -0.39 is 9.84 Å². The number of nitrogens with zero attached hydrogens (tertiary/aromatic N) is 3. The van der Waals surface area contributed by atoms with Crippen LogP contribution in [-0.2, 0) is 15.6 Å². The molecule has 108 valence electrons. The summed E-state index contributed by atoms with van der Waals surface area (Å²) in [6, 6.07) is 0. The topological polar surface area (TPSA) is 86.0 Å². The lowest BCUT2D eigenvalue weighted by molar-refractivity contribution is 0.389. The summed E-state index contributed by atoms with van der Waals surface area (Å²) in [6.45, 7) is 4.12. The van der Waals surface area contributed by atoms with E-state index in [1.165, 1.54) is 11.3 Å². The fourth-order valence-corrected chi connectivity index (χ4v) is 4.16. The van der Waals surface area contributed by atoms with Crippen LogP contribution in [0.1, 0.15) is 43.5 Å². The first kappa shape index (κ1) is 13.7. The summed E-state index contributed by atoms with van der Waals surface area (Å²) in [5.41, 5.74) is 0.637. The van der Waals surface area contributed by atoms with Crippen molar-refractivity contribution in [2.24, 2.45) is 0 Å². The van der Waals surface area contributed by atoms with Crippen LogP contribution in [0.2, 0.25) is 0 Å². The molecule has 8 heteroatoms. The maximum atomic E-state index is 11.9. The first-order chi connectivity index (χ1) is 9.45. The summed E-state index contributed by atoms with van der Waals surface area (Å²) in [6.07, 6.45) is 1.49. The lowest BCUT2D eigenvalue weighted by atomic mass is 10.2. The molecule has 0 spiro atoms. The fourth-order valence-electron chi connectivity index (χ4n) is 1.79. The number of hydrogen-bond donors (Lipinski definition) is 0. The zero-order valence-corrected chi connectivity index (χ0v) is 12.9. The van der Waals surface area contributed by atoms with Gasteiger partial charge in [-0.1, -0.05) is 19.0 Å². The van der Waals surface area contributed by atoms with Gasteiger partial charge in [-0.05, 0) is 12.8 Å². The highest BCUT2D eigenvalue weighted by Gasteiger charge is 2.36. The Morgan fingerprint density at radius 3 is 2.75 bits per heavy atom. The van der Waals surface area contributed by atoms with E-state index in [-0.39, 0.29) is 16.9 Å². The standard InChI is InChI=1S/C12H15N3O3S2/c1-7(2)12-13-9(5-19-12)11-14-10(18-15-11)6-20(16,17)8-3-4-8/h5,7-8H,3-4,6H2,1-2H3. The molecule has 1 aliphatic rings. The SMILES string of the molecule is CC(C)c1nc(-c2noc(CS(=O)(=O)C3CC3)n2)cs1. The smallest absolute Gasteiger partial charge is 0.242 e. The summed E-state index contributed by atoms with van der Waals surface area (Å²) >= 11 is 1.54. The molecule has 0 amide bonds. The molecule has 2 aromatic heterocycles. The van der Waals surface area contributed by atoms with Gasteiger partial charge in [-0.15, -0.1) is 11.3 Å². The molecular weight excluding hydrogens is 298 g/mol. The van der Waals surface area contributed by atoms with Crippen LogP contribution in [-0.4, -0.2) is 28.8 Å². The second-order valence-electron chi connectivity index (χ2n) is 5.24. The van der Waals surface area contributed by atoms with Crippen molar-refractivity contribution in [2.45, 2.75) is 43.6 Å². The third kappa shape index (κ3) is 2.76. The Balaban J connectivity index is 1.79. The van der Waals surface area contributed by atoms with Gasteiger partial charge in [0.15, 0.2) is 9.84 Å². The van der Waals surface area contributed by atoms with E-state index in [0.717, 1.165) is 17.8 Å². The molecule has 1 aliphatic carbocycles. The predicted octanol–water partition coefficient (Wildman–Crippen LogP) is 2.39. The maximum Gasteiger partial charge on any atom is 0.242 e. The average Bonchev–Trinajstić information content (AvgIpc) is 2.96. The number of hydrogen-bond acceptors (Lipinski definition) is 7. The van der Waals surface area contributed by atoms with Gasteiger partial charge in [-0.2, -0.15) is 4.98 Å². The van der Waals surface area contributed by atoms with E-state index in [1.54, 1.807) is 0 Å². The largest absolute Gasteiger partial charge is 0.338 e. The Kier molecular flexibility index (Phi) is 3.37. The van der Waals surface area contributed by atoms with Crippen LogP contribution in [0.15, 0.2) is 9.90 Å². The molecule has 3 rings (SSSR count). The van der Waals surface area contributed by atoms with Gasteiger partial charge in [-0.3, -0.25) is 0 Å². The molecule has 6 nitrogen and oxygen atoms in total. The van der Waals surface area contributed by atoms with Gasteiger partial charge in [0.1, 0.15) is 11.4 Å². The number of sulfone groups is 1.